The zero-order valence-corrected chi connectivity index (χ0v) is 9.35. The number of ether oxygens (including phenoxy) is 1. The Morgan fingerprint density at radius 1 is 1.36 bits per heavy atom. The van der Waals surface area contributed by atoms with Gasteiger partial charge in [0, 0.05) is 13.1 Å². The van der Waals surface area contributed by atoms with Gasteiger partial charge in [0.25, 0.3) is 0 Å². The molecule has 6 heteroatoms. The first-order valence-electron chi connectivity index (χ1n) is 4.87. The van der Waals surface area contributed by atoms with Crippen molar-refractivity contribution >= 4 is 10.0 Å². The van der Waals surface area contributed by atoms with Gasteiger partial charge in [0.15, 0.2) is 0 Å². The van der Waals surface area contributed by atoms with Crippen LogP contribution in [-0.2, 0) is 14.8 Å². The lowest BCUT2D eigenvalue weighted by Crippen LogP contribution is -2.42. The largest absolute Gasteiger partial charge is 0.379 e. The summed E-state index contributed by atoms with van der Waals surface area (Å²) in [7, 11) is -1.22. The Kier molecular flexibility index (Phi) is 4.80. The highest BCUT2D eigenvalue weighted by Gasteiger charge is 2.23. The molecule has 1 heterocycles. The van der Waals surface area contributed by atoms with Gasteiger partial charge in [-0.1, -0.05) is 0 Å². The van der Waals surface area contributed by atoms with Gasteiger partial charge in [-0.15, -0.1) is 0 Å². The lowest BCUT2D eigenvalue weighted by Gasteiger charge is -2.25. The van der Waals surface area contributed by atoms with Gasteiger partial charge in [-0.2, -0.15) is 4.31 Å². The average molecular weight is 222 g/mol. The van der Waals surface area contributed by atoms with Crippen LogP contribution < -0.4 is 5.32 Å². The minimum absolute atomic E-state index is 0.230. The van der Waals surface area contributed by atoms with E-state index in [1.54, 1.807) is 0 Å². The molecule has 14 heavy (non-hydrogen) atoms. The van der Waals surface area contributed by atoms with E-state index in [-0.39, 0.29) is 5.75 Å². The minimum atomic E-state index is -3.04. The molecule has 0 aliphatic carbocycles. The summed E-state index contributed by atoms with van der Waals surface area (Å²) >= 11 is 0. The van der Waals surface area contributed by atoms with Crippen molar-refractivity contribution in [2.75, 3.05) is 45.6 Å². The summed E-state index contributed by atoms with van der Waals surface area (Å²) in [6.45, 7) is 2.78. The lowest BCUT2D eigenvalue weighted by atomic mass is 10.5. The van der Waals surface area contributed by atoms with Crippen LogP contribution in [0.5, 0.6) is 0 Å². The van der Waals surface area contributed by atoms with Gasteiger partial charge in [0.2, 0.25) is 10.0 Å². The van der Waals surface area contributed by atoms with Gasteiger partial charge in [-0.25, -0.2) is 8.42 Å². The van der Waals surface area contributed by atoms with E-state index >= 15 is 0 Å². The third kappa shape index (κ3) is 3.53. The van der Waals surface area contributed by atoms with E-state index in [0.717, 1.165) is 6.54 Å². The Labute approximate surface area is 85.5 Å². The highest BCUT2D eigenvalue weighted by molar-refractivity contribution is 7.89. The minimum Gasteiger partial charge on any atom is -0.379 e. The van der Waals surface area contributed by atoms with Crippen LogP contribution in [0.2, 0.25) is 0 Å². The maximum atomic E-state index is 11.7. The second-order valence-electron chi connectivity index (χ2n) is 3.28. The van der Waals surface area contributed by atoms with Gasteiger partial charge < -0.3 is 10.1 Å². The number of hydrogen-bond acceptors (Lipinski definition) is 4. The molecular formula is C8H18N2O3S. The van der Waals surface area contributed by atoms with Crippen LogP contribution in [0.3, 0.4) is 0 Å². The van der Waals surface area contributed by atoms with Crippen LogP contribution in [0.4, 0.5) is 0 Å². The smallest absolute Gasteiger partial charge is 0.214 e. The molecule has 0 radical (unpaired) electrons. The predicted octanol–water partition coefficient (Wildman–Crippen LogP) is -0.742. The Balaban J connectivity index is 2.38. The van der Waals surface area contributed by atoms with Crippen molar-refractivity contribution in [2.24, 2.45) is 0 Å². The summed E-state index contributed by atoms with van der Waals surface area (Å²) in [5.74, 6) is 0.230. The number of rotatable bonds is 5. The zero-order chi connectivity index (χ0) is 10.4. The Morgan fingerprint density at radius 2 is 2.00 bits per heavy atom. The van der Waals surface area contributed by atoms with Crippen LogP contribution in [0.15, 0.2) is 0 Å². The Hall–Kier alpha value is -0.170. The average Bonchev–Trinajstić information content (AvgIpc) is 2.19. The number of sulfonamides is 1. The quantitative estimate of drug-likeness (QED) is 0.622. The van der Waals surface area contributed by atoms with E-state index in [2.05, 4.69) is 5.32 Å². The summed E-state index contributed by atoms with van der Waals surface area (Å²) < 4.78 is 30.0. The molecule has 0 spiro atoms. The maximum Gasteiger partial charge on any atom is 0.214 e. The van der Waals surface area contributed by atoms with E-state index in [9.17, 15) is 8.42 Å². The first-order valence-corrected chi connectivity index (χ1v) is 6.48. The highest BCUT2D eigenvalue weighted by Crippen LogP contribution is 2.06. The molecule has 1 aliphatic heterocycles. The number of morpholine rings is 1. The monoisotopic (exact) mass is 222 g/mol. The van der Waals surface area contributed by atoms with Crippen LogP contribution in [0.25, 0.3) is 0 Å². The summed E-state index contributed by atoms with van der Waals surface area (Å²) in [6, 6.07) is 0. The van der Waals surface area contributed by atoms with Crippen molar-refractivity contribution in [3.8, 4) is 0 Å². The number of hydrogen-bond donors (Lipinski definition) is 1. The standard InChI is InChI=1S/C8H18N2O3S/c1-9-3-2-8-14(11,12)10-4-6-13-7-5-10/h9H,2-8H2,1H3. The summed E-state index contributed by atoms with van der Waals surface area (Å²) in [4.78, 5) is 0. The van der Waals surface area contributed by atoms with Crippen LogP contribution in [-0.4, -0.2) is 58.4 Å². The fraction of sp³-hybridized carbons (Fsp3) is 1.00. The molecule has 1 rings (SSSR count). The van der Waals surface area contributed by atoms with Gasteiger partial charge in [-0.3, -0.25) is 0 Å². The van der Waals surface area contributed by atoms with Crippen molar-refractivity contribution < 1.29 is 13.2 Å². The van der Waals surface area contributed by atoms with Crippen LogP contribution in [0, 0.1) is 0 Å². The molecule has 1 saturated heterocycles. The SMILES string of the molecule is CNCCCS(=O)(=O)N1CCOCC1. The van der Waals surface area contributed by atoms with Crippen LogP contribution >= 0.6 is 0 Å². The Bertz CT molecular complexity index is 247. The normalized spacial score (nSPS) is 19.8. The molecule has 1 N–H and O–H groups in total. The molecule has 0 unspecified atom stereocenters. The fourth-order valence-corrected chi connectivity index (χ4v) is 2.86. The van der Waals surface area contributed by atoms with Crippen molar-refractivity contribution in [3.63, 3.8) is 0 Å². The molecule has 1 aliphatic rings. The molecular weight excluding hydrogens is 204 g/mol. The van der Waals surface area contributed by atoms with E-state index in [1.807, 2.05) is 7.05 Å². The molecule has 0 aromatic carbocycles. The summed E-state index contributed by atoms with van der Waals surface area (Å²) in [5.41, 5.74) is 0. The molecule has 1 fully saturated rings. The molecule has 0 amide bonds. The number of nitrogens with zero attached hydrogens (tertiary/aromatic N) is 1. The van der Waals surface area contributed by atoms with Crippen molar-refractivity contribution in [1.82, 2.24) is 9.62 Å². The van der Waals surface area contributed by atoms with Crippen molar-refractivity contribution in [1.29, 1.82) is 0 Å². The van der Waals surface area contributed by atoms with E-state index < -0.39 is 10.0 Å². The van der Waals surface area contributed by atoms with Gasteiger partial charge in [-0.05, 0) is 20.0 Å². The number of nitrogens with one attached hydrogen (secondary N) is 1. The summed E-state index contributed by atoms with van der Waals surface area (Å²) in [6.07, 6.45) is 0.663. The van der Waals surface area contributed by atoms with Gasteiger partial charge in [0.05, 0.1) is 19.0 Å². The van der Waals surface area contributed by atoms with E-state index in [0.29, 0.717) is 32.7 Å². The molecule has 0 atom stereocenters. The second-order valence-corrected chi connectivity index (χ2v) is 5.37. The molecule has 0 bridgehead atoms. The predicted molar refractivity (Wildman–Crippen MR) is 54.7 cm³/mol. The maximum absolute atomic E-state index is 11.7. The second kappa shape index (κ2) is 5.65. The summed E-state index contributed by atoms with van der Waals surface area (Å²) in [5, 5.41) is 2.94. The first kappa shape index (κ1) is 11.9. The van der Waals surface area contributed by atoms with Crippen molar-refractivity contribution in [3.05, 3.63) is 0 Å². The Morgan fingerprint density at radius 3 is 2.57 bits per heavy atom. The third-order valence-corrected chi connectivity index (χ3v) is 4.15. The van der Waals surface area contributed by atoms with Crippen LogP contribution in [0.1, 0.15) is 6.42 Å². The molecule has 0 aromatic rings. The molecule has 0 aromatic heterocycles. The first-order chi connectivity index (χ1) is 6.67. The fourth-order valence-electron chi connectivity index (χ4n) is 1.39. The van der Waals surface area contributed by atoms with E-state index in [4.69, 9.17) is 4.74 Å². The van der Waals surface area contributed by atoms with Gasteiger partial charge in [0.1, 0.15) is 0 Å². The van der Waals surface area contributed by atoms with Gasteiger partial charge >= 0.3 is 0 Å². The molecule has 84 valence electrons. The molecule has 0 saturated carbocycles. The topological polar surface area (TPSA) is 58.6 Å². The van der Waals surface area contributed by atoms with E-state index in [1.165, 1.54) is 4.31 Å². The third-order valence-electron chi connectivity index (χ3n) is 2.19. The van der Waals surface area contributed by atoms with Crippen molar-refractivity contribution in [2.45, 2.75) is 6.42 Å². The molecule has 5 nitrogen and oxygen atoms in total. The lowest BCUT2D eigenvalue weighted by molar-refractivity contribution is 0.0730. The zero-order valence-electron chi connectivity index (χ0n) is 8.53. The highest BCUT2D eigenvalue weighted by atomic mass is 32.2.